The summed E-state index contributed by atoms with van der Waals surface area (Å²) in [4.78, 5) is 12.0. The Kier molecular flexibility index (Phi) is 6.26. The predicted molar refractivity (Wildman–Crippen MR) is 78.4 cm³/mol. The Labute approximate surface area is 116 Å². The van der Waals surface area contributed by atoms with Crippen LogP contribution in [-0.4, -0.2) is 35.2 Å². The summed E-state index contributed by atoms with van der Waals surface area (Å²) < 4.78 is 10.9. The van der Waals surface area contributed by atoms with Crippen LogP contribution in [0.2, 0.25) is 0 Å². The van der Waals surface area contributed by atoms with E-state index in [-0.39, 0.29) is 12.5 Å². The smallest absolute Gasteiger partial charge is 0.252 e. The normalized spacial score (nSPS) is 11.3. The van der Waals surface area contributed by atoms with Gasteiger partial charge in [-0.3, -0.25) is 9.00 Å². The van der Waals surface area contributed by atoms with Gasteiger partial charge in [0.2, 0.25) is 0 Å². The zero-order valence-electron chi connectivity index (χ0n) is 11.2. The summed E-state index contributed by atoms with van der Waals surface area (Å²) in [6.45, 7) is 2.58. The number of hydrogen-bond donors (Lipinski definition) is 2. The van der Waals surface area contributed by atoms with Crippen molar-refractivity contribution >= 4 is 16.7 Å². The monoisotopic (exact) mass is 278 g/mol. The molecule has 3 N–H and O–H groups in total. The van der Waals surface area contributed by atoms with Crippen LogP contribution in [0.1, 0.15) is 21.5 Å². The van der Waals surface area contributed by atoms with Crippen molar-refractivity contribution in [3.05, 3.63) is 34.9 Å². The number of nitrogens with two attached hydrogens (primary N) is 1. The van der Waals surface area contributed by atoms with Crippen LogP contribution in [0.3, 0.4) is 0 Å². The molecule has 0 saturated heterocycles. The molecule has 0 aliphatic rings. The van der Waals surface area contributed by atoms with E-state index < -0.39 is 10.8 Å². The first-order valence-electron chi connectivity index (χ1n) is 5.92. The molecule has 0 fully saturated rings. The van der Waals surface area contributed by atoms with E-state index in [2.05, 4.69) is 17.2 Å². The number of benzene rings is 1. The lowest BCUT2D eigenvalue weighted by Crippen LogP contribution is -2.28. The number of rotatable bonds is 4. The fourth-order valence-corrected chi connectivity index (χ4v) is 1.90. The summed E-state index contributed by atoms with van der Waals surface area (Å²) in [7, 11) is -0.911. The van der Waals surface area contributed by atoms with E-state index in [1.54, 1.807) is 12.3 Å². The van der Waals surface area contributed by atoms with Crippen LogP contribution >= 0.6 is 0 Å². The van der Waals surface area contributed by atoms with Crippen molar-refractivity contribution in [3.63, 3.8) is 0 Å². The Morgan fingerprint density at radius 1 is 1.47 bits per heavy atom. The summed E-state index contributed by atoms with van der Waals surface area (Å²) in [5.74, 6) is 5.89. The number of nitrogens with one attached hydrogen (secondary N) is 1. The van der Waals surface area contributed by atoms with E-state index in [1.165, 1.54) is 0 Å². The topological polar surface area (TPSA) is 72.2 Å². The average Bonchev–Trinajstić information content (AvgIpc) is 2.35. The van der Waals surface area contributed by atoms with Crippen molar-refractivity contribution in [2.45, 2.75) is 6.92 Å². The number of aryl methyl sites for hydroxylation is 1. The molecule has 0 bridgehead atoms. The third-order valence-corrected chi connectivity index (χ3v) is 3.20. The van der Waals surface area contributed by atoms with Crippen molar-refractivity contribution in [2.75, 3.05) is 25.1 Å². The lowest BCUT2D eigenvalue weighted by molar-refractivity contribution is 0.0956. The van der Waals surface area contributed by atoms with Crippen molar-refractivity contribution in [2.24, 2.45) is 5.73 Å². The summed E-state index contributed by atoms with van der Waals surface area (Å²) >= 11 is 0. The van der Waals surface area contributed by atoms with Gasteiger partial charge < -0.3 is 11.1 Å². The lowest BCUT2D eigenvalue weighted by Gasteiger charge is -2.07. The van der Waals surface area contributed by atoms with Gasteiger partial charge >= 0.3 is 0 Å². The average molecular weight is 278 g/mol. The Morgan fingerprint density at radius 3 is 2.84 bits per heavy atom. The van der Waals surface area contributed by atoms with Crippen LogP contribution < -0.4 is 11.1 Å². The molecule has 1 aromatic carbocycles. The summed E-state index contributed by atoms with van der Waals surface area (Å²) in [5.41, 5.74) is 7.57. The summed E-state index contributed by atoms with van der Waals surface area (Å²) in [5, 5.41) is 2.74. The first kappa shape index (κ1) is 15.4. The molecular formula is C14H18N2O2S. The molecule has 0 aliphatic heterocycles. The molecule has 0 radical (unpaired) electrons. The highest BCUT2D eigenvalue weighted by atomic mass is 32.2. The highest BCUT2D eigenvalue weighted by Crippen LogP contribution is 2.10. The molecule has 0 aliphatic carbocycles. The molecule has 1 unspecified atom stereocenters. The van der Waals surface area contributed by atoms with Crippen LogP contribution in [0.25, 0.3) is 0 Å². The molecule has 1 atom stereocenters. The molecule has 0 heterocycles. The van der Waals surface area contributed by atoms with Gasteiger partial charge in [-0.1, -0.05) is 17.9 Å². The van der Waals surface area contributed by atoms with Crippen molar-refractivity contribution in [3.8, 4) is 11.8 Å². The molecule has 1 aromatic rings. The molecule has 1 amide bonds. The molecule has 1 rings (SSSR count). The van der Waals surface area contributed by atoms with Crippen LogP contribution in [0.15, 0.2) is 18.2 Å². The quantitative estimate of drug-likeness (QED) is 0.784. The SMILES string of the molecule is Cc1ccc(C(=O)NCCS(C)=O)c(C#CCN)c1. The Bertz CT molecular complexity index is 544. The van der Waals surface area contributed by atoms with Gasteiger partial charge in [0.25, 0.3) is 5.91 Å². The Balaban J connectivity index is 2.86. The fraction of sp³-hybridized carbons (Fsp3) is 0.357. The highest BCUT2D eigenvalue weighted by molar-refractivity contribution is 7.84. The zero-order chi connectivity index (χ0) is 14.3. The van der Waals surface area contributed by atoms with Crippen LogP contribution in [-0.2, 0) is 10.8 Å². The first-order valence-corrected chi connectivity index (χ1v) is 7.65. The second-order valence-electron chi connectivity index (χ2n) is 4.09. The van der Waals surface area contributed by atoms with Gasteiger partial charge in [0.1, 0.15) is 0 Å². The Morgan fingerprint density at radius 2 is 2.21 bits per heavy atom. The molecular weight excluding hydrogens is 260 g/mol. The minimum Gasteiger partial charge on any atom is -0.351 e. The maximum absolute atomic E-state index is 12.0. The number of carbonyl (C=O) groups is 1. The third kappa shape index (κ3) is 5.25. The van der Waals surface area contributed by atoms with Gasteiger partial charge in [-0.05, 0) is 24.6 Å². The van der Waals surface area contributed by atoms with Crippen molar-refractivity contribution < 1.29 is 9.00 Å². The second kappa shape index (κ2) is 7.72. The molecule has 0 aromatic heterocycles. The van der Waals surface area contributed by atoms with Crippen LogP contribution in [0.5, 0.6) is 0 Å². The number of hydrogen-bond acceptors (Lipinski definition) is 3. The minimum atomic E-state index is -0.911. The molecule has 19 heavy (non-hydrogen) atoms. The van der Waals surface area contributed by atoms with Gasteiger partial charge in [0.05, 0.1) is 12.1 Å². The molecule has 0 saturated carbocycles. The second-order valence-corrected chi connectivity index (χ2v) is 5.64. The summed E-state index contributed by atoms with van der Waals surface area (Å²) in [6, 6.07) is 5.46. The lowest BCUT2D eigenvalue weighted by atomic mass is 10.0. The predicted octanol–water partition coefficient (Wildman–Crippen LogP) is 0.414. The standard InChI is InChI=1S/C14H18N2O2S/c1-11-5-6-13(12(10-11)4-3-7-15)14(17)16-8-9-19(2)18/h5-6,10H,7-9,15H2,1-2H3,(H,16,17). The van der Waals surface area contributed by atoms with E-state index in [4.69, 9.17) is 5.73 Å². The number of carbonyl (C=O) groups excluding carboxylic acids is 1. The highest BCUT2D eigenvalue weighted by Gasteiger charge is 2.09. The first-order chi connectivity index (χ1) is 9.04. The van der Waals surface area contributed by atoms with Gasteiger partial charge in [-0.15, -0.1) is 0 Å². The maximum Gasteiger partial charge on any atom is 0.252 e. The largest absolute Gasteiger partial charge is 0.351 e. The van der Waals surface area contributed by atoms with Gasteiger partial charge in [0, 0.05) is 34.9 Å². The third-order valence-electron chi connectivity index (χ3n) is 2.42. The fourth-order valence-electron chi connectivity index (χ4n) is 1.51. The van der Waals surface area contributed by atoms with Crippen molar-refractivity contribution in [1.29, 1.82) is 0 Å². The van der Waals surface area contributed by atoms with E-state index in [0.29, 0.717) is 23.4 Å². The minimum absolute atomic E-state index is 0.202. The molecule has 0 spiro atoms. The van der Waals surface area contributed by atoms with Gasteiger partial charge in [-0.25, -0.2) is 0 Å². The Hall–Kier alpha value is -1.64. The molecule has 5 heteroatoms. The summed E-state index contributed by atoms with van der Waals surface area (Å²) in [6.07, 6.45) is 1.61. The molecule has 4 nitrogen and oxygen atoms in total. The van der Waals surface area contributed by atoms with E-state index in [9.17, 15) is 9.00 Å². The molecule has 102 valence electrons. The van der Waals surface area contributed by atoms with Crippen molar-refractivity contribution in [1.82, 2.24) is 5.32 Å². The maximum atomic E-state index is 12.0. The van der Waals surface area contributed by atoms with Crippen LogP contribution in [0, 0.1) is 18.8 Å². The van der Waals surface area contributed by atoms with E-state index in [1.807, 2.05) is 19.1 Å². The zero-order valence-corrected chi connectivity index (χ0v) is 12.0. The van der Waals surface area contributed by atoms with E-state index >= 15 is 0 Å². The van der Waals surface area contributed by atoms with Gasteiger partial charge in [0.15, 0.2) is 0 Å². The number of amides is 1. The van der Waals surface area contributed by atoms with Gasteiger partial charge in [-0.2, -0.15) is 0 Å². The van der Waals surface area contributed by atoms with Crippen LogP contribution in [0.4, 0.5) is 0 Å². The van der Waals surface area contributed by atoms with E-state index in [0.717, 1.165) is 5.56 Å².